The molecule has 1 aromatic heterocycles. The summed E-state index contributed by atoms with van der Waals surface area (Å²) in [6.07, 6.45) is 1.66. The van der Waals surface area contributed by atoms with E-state index in [1.165, 1.54) is 12.1 Å². The van der Waals surface area contributed by atoms with E-state index in [0.717, 1.165) is 37.3 Å². The van der Waals surface area contributed by atoms with Crippen LogP contribution in [0.2, 0.25) is 0 Å². The minimum absolute atomic E-state index is 0.140. The highest BCUT2D eigenvalue weighted by Gasteiger charge is 2.48. The molecule has 1 N–H and O–H groups in total. The molecule has 2 amide bonds. The minimum Gasteiger partial charge on any atom is -0.493 e. The molecule has 2 aliphatic rings. The van der Waals surface area contributed by atoms with Crippen LogP contribution in [0.3, 0.4) is 0 Å². The first-order chi connectivity index (χ1) is 20.6. The number of anilines is 1. The van der Waals surface area contributed by atoms with Gasteiger partial charge >= 0.3 is 12.1 Å². The number of ether oxygens (including phenoxy) is 2. The summed E-state index contributed by atoms with van der Waals surface area (Å²) in [6, 6.07) is 3.62. The van der Waals surface area contributed by atoms with Crippen molar-refractivity contribution in [3.63, 3.8) is 0 Å². The van der Waals surface area contributed by atoms with Gasteiger partial charge in [0.15, 0.2) is 5.82 Å². The lowest BCUT2D eigenvalue weighted by Crippen LogP contribution is -2.63. The Bertz CT molecular complexity index is 1280. The summed E-state index contributed by atoms with van der Waals surface area (Å²) in [5.74, 6) is -2.14. The van der Waals surface area contributed by atoms with Crippen molar-refractivity contribution in [3.8, 4) is 5.75 Å². The first-order valence-corrected chi connectivity index (χ1v) is 15.3. The standard InChI is InChI=1S/C31H44F3N5O5/c1-19(2)26-36-28(44-37-26)38-12-9-21(10-13-38)20(3)11-14-42-23-8-7-22(24(32)16-23)15-25(35-29(41)43-30(4,5)6)27(40)39-17-31(33,34)18-39/h7-8,16,19-21,25H,9-15,17-18H2,1-6H3,(H,35,41)/t20-,25+/m1/s1. The number of nitrogens with one attached hydrogen (secondary N) is 1. The van der Waals surface area contributed by atoms with Crippen LogP contribution in [0.4, 0.5) is 24.0 Å². The fourth-order valence-corrected chi connectivity index (χ4v) is 5.39. The third-order valence-corrected chi connectivity index (χ3v) is 8.00. The molecule has 0 radical (unpaired) electrons. The van der Waals surface area contributed by atoms with E-state index in [1.54, 1.807) is 26.8 Å². The van der Waals surface area contributed by atoms with Crippen molar-refractivity contribution in [3.05, 3.63) is 35.4 Å². The van der Waals surface area contributed by atoms with E-state index in [0.29, 0.717) is 36.0 Å². The largest absolute Gasteiger partial charge is 0.493 e. The van der Waals surface area contributed by atoms with E-state index in [1.807, 2.05) is 13.8 Å². The van der Waals surface area contributed by atoms with Gasteiger partial charge in [0, 0.05) is 31.5 Å². The predicted molar refractivity (Wildman–Crippen MR) is 157 cm³/mol. The summed E-state index contributed by atoms with van der Waals surface area (Å²) in [5.41, 5.74) is -0.700. The summed E-state index contributed by atoms with van der Waals surface area (Å²) >= 11 is 0. The molecule has 0 spiro atoms. The number of carbonyl (C=O) groups excluding carboxylic acids is 2. The highest BCUT2D eigenvalue weighted by molar-refractivity contribution is 5.86. The number of nitrogens with zero attached hydrogens (tertiary/aromatic N) is 4. The van der Waals surface area contributed by atoms with Crippen molar-refractivity contribution < 1.29 is 36.8 Å². The molecule has 2 fully saturated rings. The van der Waals surface area contributed by atoms with Crippen molar-refractivity contribution in [1.82, 2.24) is 20.4 Å². The molecule has 44 heavy (non-hydrogen) atoms. The number of likely N-dealkylation sites (tertiary alicyclic amines) is 1. The number of aromatic nitrogens is 2. The molecule has 3 heterocycles. The Labute approximate surface area is 256 Å². The second kappa shape index (κ2) is 13.6. The van der Waals surface area contributed by atoms with Crippen LogP contribution in [0.1, 0.15) is 78.1 Å². The van der Waals surface area contributed by atoms with Crippen molar-refractivity contribution in [2.75, 3.05) is 37.7 Å². The first kappa shape index (κ1) is 33.4. The van der Waals surface area contributed by atoms with Crippen molar-refractivity contribution in [1.29, 1.82) is 0 Å². The van der Waals surface area contributed by atoms with Gasteiger partial charge in [0.05, 0.1) is 19.7 Å². The third kappa shape index (κ3) is 9.01. The van der Waals surface area contributed by atoms with Crippen molar-refractivity contribution >= 4 is 18.0 Å². The Morgan fingerprint density at radius 1 is 1.16 bits per heavy atom. The zero-order valence-electron chi connectivity index (χ0n) is 26.4. The molecule has 0 aliphatic carbocycles. The van der Waals surface area contributed by atoms with Crippen LogP contribution in [0.5, 0.6) is 5.75 Å². The summed E-state index contributed by atoms with van der Waals surface area (Å²) in [7, 11) is 0. The molecule has 4 rings (SSSR count). The van der Waals surface area contributed by atoms with E-state index < -0.39 is 48.5 Å². The molecule has 2 atom stereocenters. The summed E-state index contributed by atoms with van der Waals surface area (Å²) in [5, 5.41) is 6.48. The predicted octanol–water partition coefficient (Wildman–Crippen LogP) is 5.57. The first-order valence-electron chi connectivity index (χ1n) is 15.3. The number of amides is 2. The fourth-order valence-electron chi connectivity index (χ4n) is 5.39. The Balaban J connectivity index is 1.27. The third-order valence-electron chi connectivity index (χ3n) is 8.00. The normalized spacial score (nSPS) is 18.5. The van der Waals surface area contributed by atoms with Gasteiger partial charge in [-0.15, -0.1) is 0 Å². The van der Waals surface area contributed by atoms with Gasteiger partial charge in [-0.2, -0.15) is 4.98 Å². The molecule has 0 saturated carbocycles. The number of halogens is 3. The molecule has 0 unspecified atom stereocenters. The lowest BCUT2D eigenvalue weighted by Gasteiger charge is -2.40. The lowest BCUT2D eigenvalue weighted by molar-refractivity contribution is -0.167. The average molecular weight is 624 g/mol. The van der Waals surface area contributed by atoms with Crippen LogP contribution >= 0.6 is 0 Å². The lowest BCUT2D eigenvalue weighted by atomic mass is 9.84. The van der Waals surface area contributed by atoms with Gasteiger partial charge in [-0.25, -0.2) is 18.0 Å². The van der Waals surface area contributed by atoms with Gasteiger partial charge in [-0.3, -0.25) is 4.79 Å². The zero-order chi connectivity index (χ0) is 32.2. The fraction of sp³-hybridized carbons (Fsp3) is 0.677. The maximum atomic E-state index is 15.1. The van der Waals surface area contributed by atoms with E-state index in [4.69, 9.17) is 14.0 Å². The Kier molecular flexibility index (Phi) is 10.3. The summed E-state index contributed by atoms with van der Waals surface area (Å²) < 4.78 is 58.4. The Morgan fingerprint density at radius 2 is 1.84 bits per heavy atom. The van der Waals surface area contributed by atoms with Crippen LogP contribution in [-0.4, -0.2) is 77.4 Å². The quantitative estimate of drug-likeness (QED) is 0.346. The molecule has 10 nitrogen and oxygen atoms in total. The van der Waals surface area contributed by atoms with Crippen LogP contribution in [0, 0.1) is 17.7 Å². The monoisotopic (exact) mass is 623 g/mol. The van der Waals surface area contributed by atoms with Crippen LogP contribution < -0.4 is 15.0 Å². The molecule has 2 aliphatic heterocycles. The van der Waals surface area contributed by atoms with Crippen LogP contribution in [-0.2, 0) is 16.0 Å². The Morgan fingerprint density at radius 3 is 2.41 bits per heavy atom. The second-order valence-electron chi connectivity index (χ2n) is 13.2. The minimum atomic E-state index is -2.97. The highest BCUT2D eigenvalue weighted by atomic mass is 19.3. The van der Waals surface area contributed by atoms with E-state index in [-0.39, 0.29) is 17.9 Å². The van der Waals surface area contributed by atoms with Gasteiger partial charge in [0.25, 0.3) is 5.92 Å². The molecule has 244 valence electrons. The van der Waals surface area contributed by atoms with Gasteiger partial charge in [0.1, 0.15) is 23.2 Å². The molecular weight excluding hydrogens is 579 g/mol. The molecule has 0 bridgehead atoms. The number of rotatable bonds is 11. The summed E-state index contributed by atoms with van der Waals surface area (Å²) in [4.78, 5) is 32.8. The molecule has 2 saturated heterocycles. The number of hydrogen-bond donors (Lipinski definition) is 1. The highest BCUT2D eigenvalue weighted by Crippen LogP contribution is 2.31. The number of benzene rings is 1. The molecule has 13 heteroatoms. The van der Waals surface area contributed by atoms with Gasteiger partial charge in [-0.1, -0.05) is 32.0 Å². The van der Waals surface area contributed by atoms with Crippen LogP contribution in [0.15, 0.2) is 22.7 Å². The van der Waals surface area contributed by atoms with Gasteiger partial charge in [0.2, 0.25) is 5.91 Å². The Hall–Kier alpha value is -3.51. The summed E-state index contributed by atoms with van der Waals surface area (Å²) in [6.45, 7) is 11.8. The molecular formula is C31H44F3N5O5. The van der Waals surface area contributed by atoms with Gasteiger partial charge in [-0.05, 0) is 63.5 Å². The zero-order valence-corrected chi connectivity index (χ0v) is 26.4. The second-order valence-corrected chi connectivity index (χ2v) is 13.2. The van der Waals surface area contributed by atoms with E-state index in [9.17, 15) is 18.4 Å². The number of carbonyl (C=O) groups is 2. The van der Waals surface area contributed by atoms with Gasteiger partial charge < -0.3 is 29.1 Å². The maximum Gasteiger partial charge on any atom is 0.408 e. The maximum absolute atomic E-state index is 15.1. The number of piperidine rings is 1. The SMILES string of the molecule is CC(C)c1noc(N2CCC([C@H](C)CCOc3ccc(C[C@H](NC(=O)OC(C)(C)C)C(=O)N4CC(F)(F)C4)c(F)c3)CC2)n1. The topological polar surface area (TPSA) is 110 Å². The van der Waals surface area contributed by atoms with Crippen molar-refractivity contribution in [2.24, 2.45) is 11.8 Å². The number of hydrogen-bond acceptors (Lipinski definition) is 8. The number of alkyl halides is 2. The average Bonchev–Trinajstić information content (AvgIpc) is 3.42. The molecule has 1 aromatic carbocycles. The van der Waals surface area contributed by atoms with E-state index >= 15 is 4.39 Å². The molecule has 2 aromatic rings. The van der Waals surface area contributed by atoms with E-state index in [2.05, 4.69) is 27.3 Å². The number of alkyl carbamates (subject to hydrolysis) is 1. The van der Waals surface area contributed by atoms with Crippen LogP contribution in [0.25, 0.3) is 0 Å². The smallest absolute Gasteiger partial charge is 0.408 e. The van der Waals surface area contributed by atoms with Crippen molar-refractivity contribution in [2.45, 2.75) is 90.7 Å².